The normalized spacial score (nSPS) is 12.8. The molecule has 180 valence electrons. The summed E-state index contributed by atoms with van der Waals surface area (Å²) in [6.07, 6.45) is 1.29. The van der Waals surface area contributed by atoms with E-state index in [4.69, 9.17) is 46.4 Å². The largest absolute Gasteiger partial charge is 0.352 e. The summed E-state index contributed by atoms with van der Waals surface area (Å²) < 4.78 is 0. The highest BCUT2D eigenvalue weighted by Gasteiger charge is 2.29. The monoisotopic (exact) mass is 548 g/mol. The third kappa shape index (κ3) is 8.56. The van der Waals surface area contributed by atoms with Gasteiger partial charge in [0, 0.05) is 28.4 Å². The molecular formula is C24H28Cl4N2O2S. The molecule has 1 N–H and O–H groups in total. The Hall–Kier alpha value is -1.11. The minimum absolute atomic E-state index is 0.0200. The Morgan fingerprint density at radius 2 is 1.70 bits per heavy atom. The van der Waals surface area contributed by atoms with Crippen LogP contribution in [0, 0.1) is 0 Å². The van der Waals surface area contributed by atoms with Crippen molar-refractivity contribution in [1.29, 1.82) is 0 Å². The minimum Gasteiger partial charge on any atom is -0.352 e. The lowest BCUT2D eigenvalue weighted by molar-refractivity contribution is -0.139. The van der Waals surface area contributed by atoms with Gasteiger partial charge in [-0.25, -0.2) is 0 Å². The minimum atomic E-state index is -0.608. The first-order valence-corrected chi connectivity index (χ1v) is 13.4. The van der Waals surface area contributed by atoms with Gasteiger partial charge >= 0.3 is 0 Å². The maximum atomic E-state index is 13.3. The van der Waals surface area contributed by atoms with Crippen LogP contribution in [0.5, 0.6) is 0 Å². The SMILES string of the molecule is CC[C@H](C(=O)N[C@@H](C)CC)N(Cc1ccc(Cl)cc1Cl)C(=O)CSCc1ccc(Cl)c(Cl)c1. The van der Waals surface area contributed by atoms with E-state index in [2.05, 4.69) is 5.32 Å². The second kappa shape index (κ2) is 13.7. The zero-order chi connectivity index (χ0) is 24.5. The van der Waals surface area contributed by atoms with Crippen molar-refractivity contribution in [2.45, 2.75) is 58.0 Å². The molecule has 0 bridgehead atoms. The number of hydrogen-bond donors (Lipinski definition) is 1. The van der Waals surface area contributed by atoms with Crippen molar-refractivity contribution >= 4 is 70.0 Å². The maximum Gasteiger partial charge on any atom is 0.243 e. The van der Waals surface area contributed by atoms with Crippen molar-refractivity contribution in [2.75, 3.05) is 5.75 Å². The third-order valence-corrected chi connectivity index (χ3v) is 7.54. The van der Waals surface area contributed by atoms with Gasteiger partial charge in [-0.3, -0.25) is 9.59 Å². The van der Waals surface area contributed by atoms with E-state index < -0.39 is 6.04 Å². The summed E-state index contributed by atoms with van der Waals surface area (Å²) in [6.45, 7) is 6.06. The fourth-order valence-electron chi connectivity index (χ4n) is 3.16. The van der Waals surface area contributed by atoms with Gasteiger partial charge in [-0.15, -0.1) is 11.8 Å². The van der Waals surface area contributed by atoms with Gasteiger partial charge in [0.2, 0.25) is 11.8 Å². The van der Waals surface area contributed by atoms with Gasteiger partial charge in [0.25, 0.3) is 0 Å². The molecule has 2 amide bonds. The second-order valence-corrected chi connectivity index (χ2v) is 10.4. The number of rotatable bonds is 11. The Bertz CT molecular complexity index is 973. The number of hydrogen-bond acceptors (Lipinski definition) is 3. The van der Waals surface area contributed by atoms with Gasteiger partial charge in [0.15, 0.2) is 0 Å². The lowest BCUT2D eigenvalue weighted by Crippen LogP contribution is -2.51. The van der Waals surface area contributed by atoms with Crippen molar-refractivity contribution in [3.05, 3.63) is 67.6 Å². The molecular weight excluding hydrogens is 522 g/mol. The van der Waals surface area contributed by atoms with Crippen LogP contribution in [0.15, 0.2) is 36.4 Å². The van der Waals surface area contributed by atoms with E-state index in [-0.39, 0.29) is 30.2 Å². The molecule has 0 heterocycles. The number of halogens is 4. The topological polar surface area (TPSA) is 49.4 Å². The maximum absolute atomic E-state index is 13.3. The van der Waals surface area contributed by atoms with E-state index in [1.807, 2.05) is 26.8 Å². The molecule has 0 unspecified atom stereocenters. The van der Waals surface area contributed by atoms with E-state index >= 15 is 0 Å². The summed E-state index contributed by atoms with van der Waals surface area (Å²) in [7, 11) is 0. The predicted molar refractivity (Wildman–Crippen MR) is 142 cm³/mol. The third-order valence-electron chi connectivity index (χ3n) is 5.22. The molecule has 0 aliphatic rings. The van der Waals surface area contributed by atoms with Crippen molar-refractivity contribution in [1.82, 2.24) is 10.2 Å². The molecule has 0 saturated heterocycles. The average molecular weight is 550 g/mol. The second-order valence-electron chi connectivity index (χ2n) is 7.74. The highest BCUT2D eigenvalue weighted by Crippen LogP contribution is 2.26. The van der Waals surface area contributed by atoms with Gasteiger partial charge in [-0.1, -0.05) is 72.4 Å². The summed E-state index contributed by atoms with van der Waals surface area (Å²) in [5, 5.41) is 4.94. The Labute approximate surface area is 220 Å². The molecule has 0 radical (unpaired) electrons. The summed E-state index contributed by atoms with van der Waals surface area (Å²) in [5.41, 5.74) is 1.70. The smallest absolute Gasteiger partial charge is 0.243 e. The molecule has 0 aromatic heterocycles. The molecule has 0 spiro atoms. The lowest BCUT2D eigenvalue weighted by atomic mass is 10.1. The van der Waals surface area contributed by atoms with Crippen LogP contribution in [0.1, 0.15) is 44.7 Å². The molecule has 4 nitrogen and oxygen atoms in total. The van der Waals surface area contributed by atoms with Crippen LogP contribution in [0.25, 0.3) is 0 Å². The summed E-state index contributed by atoms with van der Waals surface area (Å²) in [5.74, 6) is 0.490. The molecule has 0 fully saturated rings. The van der Waals surface area contributed by atoms with Crippen LogP contribution in [0.2, 0.25) is 20.1 Å². The quantitative estimate of drug-likeness (QED) is 0.321. The van der Waals surface area contributed by atoms with Crippen LogP contribution >= 0.6 is 58.2 Å². The van der Waals surface area contributed by atoms with Crippen LogP contribution < -0.4 is 5.32 Å². The fraction of sp³-hybridized carbons (Fsp3) is 0.417. The van der Waals surface area contributed by atoms with Gasteiger partial charge in [0.05, 0.1) is 15.8 Å². The van der Waals surface area contributed by atoms with Gasteiger partial charge in [-0.2, -0.15) is 0 Å². The molecule has 33 heavy (non-hydrogen) atoms. The number of carbonyl (C=O) groups excluding carboxylic acids is 2. The standard InChI is InChI=1S/C24H28Cl4N2O2S/c1-4-15(3)29-24(32)22(5-2)30(12-17-7-8-18(25)11-20(17)27)23(31)14-33-13-16-6-9-19(26)21(28)10-16/h6-11,15,22H,4-5,12-14H2,1-3H3,(H,29,32)/t15-,22+/m0/s1. The Morgan fingerprint density at radius 1 is 0.970 bits per heavy atom. The number of carbonyl (C=O) groups is 2. The first kappa shape index (κ1) is 28.1. The summed E-state index contributed by atoms with van der Waals surface area (Å²) in [4.78, 5) is 27.9. The Morgan fingerprint density at radius 3 is 2.30 bits per heavy atom. The number of amides is 2. The molecule has 2 rings (SSSR count). The molecule has 2 aromatic carbocycles. The van der Waals surface area contributed by atoms with Crippen molar-refractivity contribution in [3.63, 3.8) is 0 Å². The predicted octanol–water partition coefficient (Wildman–Crippen LogP) is 7.26. The van der Waals surface area contributed by atoms with Crippen LogP contribution in [-0.4, -0.2) is 34.6 Å². The number of thioether (sulfide) groups is 1. The van der Waals surface area contributed by atoms with E-state index in [0.29, 0.717) is 32.3 Å². The van der Waals surface area contributed by atoms with Crippen molar-refractivity contribution in [3.8, 4) is 0 Å². The molecule has 0 aliphatic heterocycles. The lowest BCUT2D eigenvalue weighted by Gasteiger charge is -2.31. The van der Waals surface area contributed by atoms with E-state index in [9.17, 15) is 9.59 Å². The Balaban J connectivity index is 2.19. The average Bonchev–Trinajstić information content (AvgIpc) is 2.77. The van der Waals surface area contributed by atoms with Gasteiger partial charge in [0.1, 0.15) is 6.04 Å². The summed E-state index contributed by atoms with van der Waals surface area (Å²) >= 11 is 25.9. The first-order valence-electron chi connectivity index (χ1n) is 10.7. The molecule has 0 aliphatic carbocycles. The van der Waals surface area contributed by atoms with Crippen LogP contribution in [0.3, 0.4) is 0 Å². The van der Waals surface area contributed by atoms with E-state index in [1.165, 1.54) is 11.8 Å². The van der Waals surface area contributed by atoms with Gasteiger partial charge in [-0.05, 0) is 55.2 Å². The van der Waals surface area contributed by atoms with E-state index in [1.54, 1.807) is 35.2 Å². The number of nitrogens with one attached hydrogen (secondary N) is 1. The molecule has 2 atom stereocenters. The number of benzene rings is 2. The van der Waals surface area contributed by atoms with Gasteiger partial charge < -0.3 is 10.2 Å². The fourth-order valence-corrected chi connectivity index (χ4v) is 4.81. The van der Waals surface area contributed by atoms with Crippen LogP contribution in [0.4, 0.5) is 0 Å². The molecule has 9 heteroatoms. The number of nitrogens with zero attached hydrogens (tertiary/aromatic N) is 1. The van der Waals surface area contributed by atoms with Crippen molar-refractivity contribution < 1.29 is 9.59 Å². The van der Waals surface area contributed by atoms with Crippen molar-refractivity contribution in [2.24, 2.45) is 0 Å². The first-order chi connectivity index (χ1) is 15.7. The zero-order valence-electron chi connectivity index (χ0n) is 18.8. The zero-order valence-corrected chi connectivity index (χ0v) is 22.7. The molecule has 2 aromatic rings. The highest BCUT2D eigenvalue weighted by atomic mass is 35.5. The Kier molecular flexibility index (Phi) is 11.7. The van der Waals surface area contributed by atoms with E-state index in [0.717, 1.165) is 17.5 Å². The molecule has 0 saturated carbocycles. The highest BCUT2D eigenvalue weighted by molar-refractivity contribution is 7.99. The summed E-state index contributed by atoms with van der Waals surface area (Å²) in [6, 6.07) is 9.98. The van der Waals surface area contributed by atoms with Crippen LogP contribution in [-0.2, 0) is 21.9 Å².